The minimum Gasteiger partial charge on any atom is -0.449 e. The number of amides is 1. The van der Waals surface area contributed by atoms with Crippen molar-refractivity contribution in [2.24, 2.45) is 0 Å². The summed E-state index contributed by atoms with van der Waals surface area (Å²) >= 11 is 0. The second kappa shape index (κ2) is 9.67. The summed E-state index contributed by atoms with van der Waals surface area (Å²) in [6, 6.07) is 5.81. The number of nitrogens with zero attached hydrogens (tertiary/aromatic N) is 3. The average molecular weight is 467 g/mol. The van der Waals surface area contributed by atoms with Crippen LogP contribution >= 0.6 is 0 Å². The van der Waals surface area contributed by atoms with Crippen molar-refractivity contribution in [1.82, 2.24) is 9.46 Å². The maximum atomic E-state index is 13.0. The molecule has 0 radical (unpaired) electrons. The zero-order valence-electron chi connectivity index (χ0n) is 18.3. The van der Waals surface area contributed by atoms with Gasteiger partial charge in [-0.2, -0.15) is 0 Å². The fourth-order valence-electron chi connectivity index (χ4n) is 3.06. The van der Waals surface area contributed by atoms with Crippen molar-refractivity contribution >= 4 is 33.4 Å². The van der Waals surface area contributed by atoms with Crippen molar-refractivity contribution in [2.75, 3.05) is 50.6 Å². The molecule has 1 aliphatic rings. The van der Waals surface area contributed by atoms with E-state index >= 15 is 0 Å². The topological polar surface area (TPSA) is 131 Å². The summed E-state index contributed by atoms with van der Waals surface area (Å²) in [7, 11) is -0.971. The number of ether oxygens (including phenoxy) is 2. The Morgan fingerprint density at radius 1 is 1.22 bits per heavy atom. The van der Waals surface area contributed by atoms with E-state index in [0.717, 1.165) is 4.31 Å². The Morgan fingerprint density at radius 2 is 1.91 bits per heavy atom. The first-order valence-electron chi connectivity index (χ1n) is 9.94. The SMILES string of the molecule is Cc1cc(NC(=O)[C@@H](C)OC(=O)c2cc(S(=O)(=O)N(C)C)ccc2N2CCOCC2)no1. The number of sulfonamides is 1. The number of carbonyl (C=O) groups excluding carboxylic acids is 2. The number of benzene rings is 1. The number of esters is 1. The highest BCUT2D eigenvalue weighted by atomic mass is 32.2. The smallest absolute Gasteiger partial charge is 0.341 e. The molecule has 3 rings (SSSR count). The molecule has 0 spiro atoms. The number of hydrogen-bond acceptors (Lipinski definition) is 9. The Balaban J connectivity index is 1.86. The standard InChI is InChI=1S/C20H26N4O7S/c1-13-11-18(22-31-13)21-19(25)14(2)30-20(26)16-12-15(32(27,28)23(3)4)5-6-17(16)24-7-9-29-10-8-24/h5-6,11-12,14H,7-10H2,1-4H3,(H,21,22,25)/t14-/m1/s1. The van der Waals surface area contributed by atoms with E-state index in [-0.39, 0.29) is 16.3 Å². The maximum absolute atomic E-state index is 13.0. The van der Waals surface area contributed by atoms with Crippen LogP contribution in [0.3, 0.4) is 0 Å². The van der Waals surface area contributed by atoms with Crippen LogP contribution in [0.4, 0.5) is 11.5 Å². The van der Waals surface area contributed by atoms with E-state index in [1.807, 2.05) is 4.90 Å². The Bertz CT molecular complexity index is 1090. The molecule has 1 aromatic heterocycles. The van der Waals surface area contributed by atoms with Crippen molar-refractivity contribution in [3.8, 4) is 0 Å². The molecule has 2 aromatic rings. The van der Waals surface area contributed by atoms with Gasteiger partial charge in [0, 0.05) is 33.3 Å². The molecule has 0 aliphatic carbocycles. The molecular formula is C20H26N4O7S. The van der Waals surface area contributed by atoms with Crippen LogP contribution in [-0.4, -0.2) is 76.3 Å². The van der Waals surface area contributed by atoms with Gasteiger partial charge < -0.3 is 24.2 Å². The maximum Gasteiger partial charge on any atom is 0.341 e. The first kappa shape index (κ1) is 23.7. The zero-order valence-corrected chi connectivity index (χ0v) is 19.1. The molecule has 32 heavy (non-hydrogen) atoms. The van der Waals surface area contributed by atoms with Gasteiger partial charge in [-0.25, -0.2) is 17.5 Å². The quantitative estimate of drug-likeness (QED) is 0.599. The molecule has 11 nitrogen and oxygen atoms in total. The number of aryl methyl sites for hydroxylation is 1. The van der Waals surface area contributed by atoms with Gasteiger partial charge in [-0.3, -0.25) is 4.79 Å². The molecule has 1 aliphatic heterocycles. The van der Waals surface area contributed by atoms with Crippen molar-refractivity contribution in [3.63, 3.8) is 0 Å². The number of carbonyl (C=O) groups is 2. The highest BCUT2D eigenvalue weighted by Crippen LogP contribution is 2.27. The number of aromatic nitrogens is 1. The van der Waals surface area contributed by atoms with E-state index in [0.29, 0.717) is 37.8 Å². The van der Waals surface area contributed by atoms with Gasteiger partial charge in [-0.15, -0.1) is 0 Å². The minimum absolute atomic E-state index is 0.0479. The molecule has 0 unspecified atom stereocenters. The summed E-state index contributed by atoms with van der Waals surface area (Å²) in [6.07, 6.45) is -1.16. The van der Waals surface area contributed by atoms with Crippen LogP contribution in [0, 0.1) is 6.92 Å². The Morgan fingerprint density at radius 3 is 2.50 bits per heavy atom. The summed E-state index contributed by atoms with van der Waals surface area (Å²) in [4.78, 5) is 27.3. The number of morpholine rings is 1. The largest absolute Gasteiger partial charge is 0.449 e. The fraction of sp³-hybridized carbons (Fsp3) is 0.450. The first-order chi connectivity index (χ1) is 15.1. The molecule has 0 bridgehead atoms. The van der Waals surface area contributed by atoms with Gasteiger partial charge in [0.05, 0.1) is 29.4 Å². The molecule has 1 saturated heterocycles. The summed E-state index contributed by atoms with van der Waals surface area (Å²) in [5.74, 6) is -0.708. The number of rotatable bonds is 7. The highest BCUT2D eigenvalue weighted by molar-refractivity contribution is 7.89. The van der Waals surface area contributed by atoms with Gasteiger partial charge in [-0.1, -0.05) is 5.16 Å². The molecule has 174 valence electrons. The van der Waals surface area contributed by atoms with Gasteiger partial charge in [0.2, 0.25) is 10.0 Å². The molecule has 12 heteroatoms. The number of anilines is 2. The third-order valence-electron chi connectivity index (χ3n) is 4.85. The molecule has 1 amide bonds. The summed E-state index contributed by atoms with van der Waals surface area (Å²) in [5, 5.41) is 6.17. The molecule has 1 atom stereocenters. The van der Waals surface area contributed by atoms with Crippen LogP contribution in [0.15, 0.2) is 33.7 Å². The Labute approximate surface area is 186 Å². The molecule has 2 heterocycles. The zero-order chi connectivity index (χ0) is 23.5. The summed E-state index contributed by atoms with van der Waals surface area (Å²) in [5.41, 5.74) is 0.558. The van der Waals surface area contributed by atoms with Gasteiger partial charge in [0.15, 0.2) is 11.9 Å². The van der Waals surface area contributed by atoms with Crippen molar-refractivity contribution in [1.29, 1.82) is 0 Å². The van der Waals surface area contributed by atoms with E-state index in [1.165, 1.54) is 39.2 Å². The number of hydrogen-bond donors (Lipinski definition) is 1. The van der Waals surface area contributed by atoms with Gasteiger partial charge in [-0.05, 0) is 32.0 Å². The minimum atomic E-state index is -3.78. The van der Waals surface area contributed by atoms with E-state index in [1.54, 1.807) is 13.0 Å². The Hall–Kier alpha value is -2.96. The molecule has 1 N–H and O–H groups in total. The van der Waals surface area contributed by atoms with E-state index in [4.69, 9.17) is 14.0 Å². The van der Waals surface area contributed by atoms with Crippen LogP contribution in [-0.2, 0) is 24.3 Å². The lowest BCUT2D eigenvalue weighted by molar-refractivity contribution is -0.123. The molecule has 0 saturated carbocycles. The van der Waals surface area contributed by atoms with E-state index in [9.17, 15) is 18.0 Å². The van der Waals surface area contributed by atoms with Crippen LogP contribution < -0.4 is 10.2 Å². The lowest BCUT2D eigenvalue weighted by Gasteiger charge is -2.30. The van der Waals surface area contributed by atoms with Crippen molar-refractivity contribution in [2.45, 2.75) is 24.8 Å². The van der Waals surface area contributed by atoms with Crippen LogP contribution in [0.25, 0.3) is 0 Å². The molecular weight excluding hydrogens is 440 g/mol. The Kier molecular flexibility index (Phi) is 7.16. The lowest BCUT2D eigenvalue weighted by atomic mass is 10.1. The van der Waals surface area contributed by atoms with E-state index < -0.39 is 28.0 Å². The predicted octanol–water partition coefficient (Wildman–Crippen LogP) is 1.25. The first-order valence-corrected chi connectivity index (χ1v) is 11.4. The van der Waals surface area contributed by atoms with Crippen molar-refractivity contribution < 1.29 is 32.0 Å². The van der Waals surface area contributed by atoms with Gasteiger partial charge in [0.1, 0.15) is 5.76 Å². The van der Waals surface area contributed by atoms with Crippen molar-refractivity contribution in [3.05, 3.63) is 35.6 Å². The third-order valence-corrected chi connectivity index (χ3v) is 6.66. The molecule has 1 fully saturated rings. The lowest BCUT2D eigenvalue weighted by Crippen LogP contribution is -2.37. The van der Waals surface area contributed by atoms with E-state index in [2.05, 4.69) is 10.5 Å². The predicted molar refractivity (Wildman–Crippen MR) is 115 cm³/mol. The van der Waals surface area contributed by atoms with Crippen LogP contribution in [0.5, 0.6) is 0 Å². The normalized spacial score (nSPS) is 15.5. The average Bonchev–Trinajstić information content (AvgIpc) is 3.18. The summed E-state index contributed by atoms with van der Waals surface area (Å²) in [6.45, 7) is 5.09. The fourth-order valence-corrected chi connectivity index (χ4v) is 3.99. The highest BCUT2D eigenvalue weighted by Gasteiger charge is 2.27. The molecule has 1 aromatic carbocycles. The van der Waals surface area contributed by atoms with Gasteiger partial charge in [0.25, 0.3) is 5.91 Å². The van der Waals surface area contributed by atoms with Gasteiger partial charge >= 0.3 is 5.97 Å². The summed E-state index contributed by atoms with van der Waals surface area (Å²) < 4.78 is 41.9. The second-order valence-corrected chi connectivity index (χ2v) is 9.58. The monoisotopic (exact) mass is 466 g/mol. The van der Waals surface area contributed by atoms with Crippen LogP contribution in [0.2, 0.25) is 0 Å². The number of nitrogens with one attached hydrogen (secondary N) is 1. The van der Waals surface area contributed by atoms with Crippen LogP contribution in [0.1, 0.15) is 23.0 Å². The third kappa shape index (κ3) is 5.26. The second-order valence-electron chi connectivity index (χ2n) is 7.43.